The van der Waals surface area contributed by atoms with E-state index in [4.69, 9.17) is 8.92 Å². The van der Waals surface area contributed by atoms with Crippen LogP contribution in [0.1, 0.15) is 44.7 Å². The highest BCUT2D eigenvalue weighted by atomic mass is 32.2. The molecule has 13 heteroatoms. The zero-order chi connectivity index (χ0) is 29.9. The van der Waals surface area contributed by atoms with Gasteiger partial charge in [0, 0.05) is 27.1 Å². The molecule has 1 aliphatic heterocycles. The standard InChI is InChI=1S/C27H37N3O8S2/c1-19-9-15-22(16-10-19)39(33,34)30-17-7-8-24(30)25(31)28-23(26(32)37-27(2,3)4)18-20-11-13-21(14-12-20)38-40(35,36)29(5)6/h9-16,23-24H,7-8,17-18H2,1-6H3,(H,28,31)/t23-,24-/m0/s1. The number of amides is 1. The molecule has 40 heavy (non-hydrogen) atoms. The number of hydrogen-bond acceptors (Lipinski definition) is 8. The molecule has 0 saturated carbocycles. The van der Waals surface area contributed by atoms with Crippen molar-refractivity contribution in [1.29, 1.82) is 0 Å². The van der Waals surface area contributed by atoms with E-state index in [1.807, 2.05) is 6.92 Å². The Morgan fingerprint density at radius 3 is 2.17 bits per heavy atom. The van der Waals surface area contributed by atoms with Gasteiger partial charge >= 0.3 is 16.3 Å². The van der Waals surface area contributed by atoms with Crippen LogP contribution in [0.15, 0.2) is 53.4 Å². The summed E-state index contributed by atoms with van der Waals surface area (Å²) in [7, 11) is -5.18. The Hall–Kier alpha value is -3.00. The molecule has 220 valence electrons. The lowest BCUT2D eigenvalue weighted by molar-refractivity contribution is -0.158. The van der Waals surface area contributed by atoms with E-state index in [-0.39, 0.29) is 23.6 Å². The SMILES string of the molecule is Cc1ccc(S(=O)(=O)N2CCC[C@H]2C(=O)N[C@@H](Cc2ccc(OS(=O)(=O)N(C)C)cc2)C(=O)OC(C)(C)C)cc1. The second-order valence-corrected chi connectivity index (χ2v) is 14.5. The van der Waals surface area contributed by atoms with Crippen molar-refractivity contribution in [2.75, 3.05) is 20.6 Å². The summed E-state index contributed by atoms with van der Waals surface area (Å²) in [6.07, 6.45) is 0.834. The molecule has 1 saturated heterocycles. The second-order valence-electron chi connectivity index (χ2n) is 10.9. The maximum Gasteiger partial charge on any atom is 0.384 e. The first-order valence-electron chi connectivity index (χ1n) is 12.8. The zero-order valence-electron chi connectivity index (χ0n) is 23.6. The van der Waals surface area contributed by atoms with Crippen LogP contribution in [-0.2, 0) is 41.1 Å². The van der Waals surface area contributed by atoms with Crippen LogP contribution in [0.2, 0.25) is 0 Å². The highest BCUT2D eigenvalue weighted by Gasteiger charge is 2.41. The first kappa shape index (κ1) is 31.5. The van der Waals surface area contributed by atoms with Crippen LogP contribution in [0.25, 0.3) is 0 Å². The topological polar surface area (TPSA) is 139 Å². The Kier molecular flexibility index (Phi) is 9.66. The molecule has 2 aromatic rings. The van der Waals surface area contributed by atoms with Crippen molar-refractivity contribution < 1.29 is 35.3 Å². The van der Waals surface area contributed by atoms with Crippen LogP contribution in [0.5, 0.6) is 5.75 Å². The fraction of sp³-hybridized carbons (Fsp3) is 0.481. The lowest BCUT2D eigenvalue weighted by atomic mass is 10.0. The normalized spacial score (nSPS) is 17.4. The Morgan fingerprint density at radius 1 is 1.02 bits per heavy atom. The molecule has 1 N–H and O–H groups in total. The van der Waals surface area contributed by atoms with Crippen LogP contribution in [-0.4, -0.2) is 75.6 Å². The number of nitrogens with one attached hydrogen (secondary N) is 1. The van der Waals surface area contributed by atoms with E-state index >= 15 is 0 Å². The minimum absolute atomic E-state index is 0.0266. The third-order valence-corrected chi connectivity index (χ3v) is 9.37. The monoisotopic (exact) mass is 595 g/mol. The molecule has 11 nitrogen and oxygen atoms in total. The number of esters is 1. The Balaban J connectivity index is 1.81. The molecule has 1 heterocycles. The lowest BCUT2D eigenvalue weighted by Crippen LogP contribution is -2.52. The highest BCUT2D eigenvalue weighted by molar-refractivity contribution is 7.89. The molecule has 0 aliphatic carbocycles. The molecule has 2 atom stereocenters. The molecule has 2 aromatic carbocycles. The van der Waals surface area contributed by atoms with Gasteiger partial charge in [0.15, 0.2) is 0 Å². The van der Waals surface area contributed by atoms with Crippen molar-refractivity contribution in [1.82, 2.24) is 13.9 Å². The number of rotatable bonds is 10. The summed E-state index contributed by atoms with van der Waals surface area (Å²) in [6.45, 7) is 7.14. The predicted octanol–water partition coefficient (Wildman–Crippen LogP) is 2.40. The van der Waals surface area contributed by atoms with Gasteiger partial charge in [-0.2, -0.15) is 17.0 Å². The van der Waals surface area contributed by atoms with Gasteiger partial charge in [-0.3, -0.25) is 4.79 Å². The second kappa shape index (κ2) is 12.2. The fourth-order valence-corrected chi connectivity index (χ4v) is 6.24. The van der Waals surface area contributed by atoms with E-state index in [1.165, 1.54) is 42.7 Å². The van der Waals surface area contributed by atoms with Crippen LogP contribution in [0.4, 0.5) is 0 Å². The van der Waals surface area contributed by atoms with Crippen molar-refractivity contribution >= 4 is 32.2 Å². The van der Waals surface area contributed by atoms with Gasteiger partial charge in [-0.15, -0.1) is 0 Å². The molecule has 0 bridgehead atoms. The number of hydrogen-bond donors (Lipinski definition) is 1. The minimum Gasteiger partial charge on any atom is -0.458 e. The van der Waals surface area contributed by atoms with Crippen LogP contribution in [0, 0.1) is 6.92 Å². The number of nitrogens with zero attached hydrogens (tertiary/aromatic N) is 2. The van der Waals surface area contributed by atoms with Gasteiger partial charge in [-0.1, -0.05) is 29.8 Å². The van der Waals surface area contributed by atoms with Crippen LogP contribution >= 0.6 is 0 Å². The summed E-state index contributed by atoms with van der Waals surface area (Å²) in [5.41, 5.74) is 0.682. The zero-order valence-corrected chi connectivity index (χ0v) is 25.2. The molecule has 1 amide bonds. The van der Waals surface area contributed by atoms with Gasteiger partial charge in [-0.25, -0.2) is 13.2 Å². The summed E-state index contributed by atoms with van der Waals surface area (Å²) >= 11 is 0. The van der Waals surface area contributed by atoms with Gasteiger partial charge < -0.3 is 14.2 Å². The van der Waals surface area contributed by atoms with Gasteiger partial charge in [0.05, 0.1) is 4.90 Å². The summed E-state index contributed by atoms with van der Waals surface area (Å²) in [5, 5.41) is 2.71. The van der Waals surface area contributed by atoms with E-state index in [1.54, 1.807) is 45.0 Å². The Labute approximate surface area is 236 Å². The van der Waals surface area contributed by atoms with Crippen molar-refractivity contribution in [2.45, 2.75) is 69.5 Å². The Morgan fingerprint density at radius 2 is 1.62 bits per heavy atom. The number of ether oxygens (including phenoxy) is 1. The molecule has 3 rings (SSSR count). The highest BCUT2D eigenvalue weighted by Crippen LogP contribution is 2.27. The molecular formula is C27H37N3O8S2. The van der Waals surface area contributed by atoms with Crippen molar-refractivity contribution in [3.63, 3.8) is 0 Å². The predicted molar refractivity (Wildman–Crippen MR) is 149 cm³/mol. The summed E-state index contributed by atoms with van der Waals surface area (Å²) in [4.78, 5) is 26.6. The van der Waals surface area contributed by atoms with E-state index in [2.05, 4.69) is 5.32 Å². The summed E-state index contributed by atoms with van der Waals surface area (Å²) in [5.74, 6) is -1.19. The lowest BCUT2D eigenvalue weighted by Gasteiger charge is -2.28. The molecule has 1 fully saturated rings. The molecule has 0 aromatic heterocycles. The number of carbonyl (C=O) groups excluding carboxylic acids is 2. The van der Waals surface area contributed by atoms with Gasteiger partial charge in [0.1, 0.15) is 23.4 Å². The van der Waals surface area contributed by atoms with E-state index < -0.39 is 49.9 Å². The number of aryl methyl sites for hydroxylation is 1. The number of benzene rings is 2. The average Bonchev–Trinajstić information content (AvgIpc) is 3.35. The van der Waals surface area contributed by atoms with Gasteiger partial charge in [0.2, 0.25) is 15.9 Å². The van der Waals surface area contributed by atoms with Crippen LogP contribution in [0.3, 0.4) is 0 Å². The quantitative estimate of drug-likeness (QED) is 0.413. The maximum atomic E-state index is 13.4. The third kappa shape index (κ3) is 8.03. The third-order valence-electron chi connectivity index (χ3n) is 6.15. The number of sulfonamides is 1. The number of carbonyl (C=O) groups is 2. The largest absolute Gasteiger partial charge is 0.458 e. The molecular weight excluding hydrogens is 558 g/mol. The van der Waals surface area contributed by atoms with Crippen molar-refractivity contribution in [3.05, 3.63) is 59.7 Å². The molecule has 1 aliphatic rings. The fourth-order valence-electron chi connectivity index (χ4n) is 4.08. The molecule has 0 spiro atoms. The average molecular weight is 596 g/mol. The van der Waals surface area contributed by atoms with Gasteiger partial charge in [0.25, 0.3) is 0 Å². The van der Waals surface area contributed by atoms with Crippen molar-refractivity contribution in [2.24, 2.45) is 0 Å². The van der Waals surface area contributed by atoms with E-state index in [9.17, 15) is 26.4 Å². The van der Waals surface area contributed by atoms with E-state index in [0.29, 0.717) is 18.4 Å². The molecule has 0 unspecified atom stereocenters. The van der Waals surface area contributed by atoms with E-state index in [0.717, 1.165) is 9.87 Å². The smallest absolute Gasteiger partial charge is 0.384 e. The van der Waals surface area contributed by atoms with Gasteiger partial charge in [-0.05, 0) is 70.4 Å². The first-order valence-corrected chi connectivity index (χ1v) is 15.6. The van der Waals surface area contributed by atoms with Crippen molar-refractivity contribution in [3.8, 4) is 5.75 Å². The molecule has 0 radical (unpaired) electrons. The minimum atomic E-state index is -3.94. The Bertz CT molecular complexity index is 1420. The first-order chi connectivity index (χ1) is 18.5. The maximum absolute atomic E-state index is 13.4. The summed E-state index contributed by atoms with van der Waals surface area (Å²) in [6, 6.07) is 10.4. The van der Waals surface area contributed by atoms with Crippen LogP contribution < -0.4 is 9.50 Å². The summed E-state index contributed by atoms with van der Waals surface area (Å²) < 4.78 is 63.3.